The third kappa shape index (κ3) is 2.24. The zero-order valence-electron chi connectivity index (χ0n) is 12.9. The van der Waals surface area contributed by atoms with E-state index in [0.29, 0.717) is 18.1 Å². The van der Waals surface area contributed by atoms with Crippen LogP contribution in [-0.4, -0.2) is 31.8 Å². The smallest absolute Gasteiger partial charge is 0.135 e. The zero-order valence-corrected chi connectivity index (χ0v) is 14.5. The number of hydrogen-bond acceptors (Lipinski definition) is 4. The number of nitrogens with zero attached hydrogens (tertiary/aromatic N) is 5. The van der Waals surface area contributed by atoms with Gasteiger partial charge in [0.1, 0.15) is 12.1 Å². The third-order valence-corrected chi connectivity index (χ3v) is 5.62. The van der Waals surface area contributed by atoms with E-state index in [4.69, 9.17) is 0 Å². The lowest BCUT2D eigenvalue weighted by molar-refractivity contribution is 0.313. The fraction of sp³-hybridized carbons (Fsp3) is 0.562. The number of piperidine rings is 1. The van der Waals surface area contributed by atoms with Crippen LogP contribution in [0.3, 0.4) is 0 Å². The minimum atomic E-state index is 0.503. The second-order valence-electron chi connectivity index (χ2n) is 6.46. The molecule has 2 aliphatic rings. The predicted octanol–water partition coefficient (Wildman–Crippen LogP) is 3.42. The maximum Gasteiger partial charge on any atom is 0.135 e. The van der Waals surface area contributed by atoms with Crippen LogP contribution in [0.15, 0.2) is 23.2 Å². The average molecular weight is 362 g/mol. The van der Waals surface area contributed by atoms with E-state index in [1.165, 1.54) is 18.4 Å². The van der Waals surface area contributed by atoms with Gasteiger partial charge in [-0.2, -0.15) is 5.10 Å². The number of hydrogen-bond donors (Lipinski definition) is 0. The normalized spacial score (nSPS) is 27.4. The summed E-state index contributed by atoms with van der Waals surface area (Å²) in [7, 11) is 0. The van der Waals surface area contributed by atoms with Gasteiger partial charge in [-0.25, -0.2) is 9.97 Å². The Bertz CT molecular complexity index is 684. The lowest BCUT2D eigenvalue weighted by Crippen LogP contribution is -2.44. The molecule has 0 radical (unpaired) electrons. The highest BCUT2D eigenvalue weighted by molar-refractivity contribution is 9.10. The molecule has 2 aliphatic heterocycles. The van der Waals surface area contributed by atoms with Crippen LogP contribution in [0.5, 0.6) is 0 Å². The van der Waals surface area contributed by atoms with Crippen molar-refractivity contribution in [1.29, 1.82) is 0 Å². The maximum atomic E-state index is 4.59. The molecule has 2 aromatic heterocycles. The highest BCUT2D eigenvalue weighted by atomic mass is 79.9. The largest absolute Gasteiger partial charge is 0.350 e. The van der Waals surface area contributed by atoms with E-state index in [1.54, 1.807) is 6.33 Å². The molecule has 0 saturated carbocycles. The fourth-order valence-electron chi connectivity index (χ4n) is 4.01. The Balaban J connectivity index is 1.62. The van der Waals surface area contributed by atoms with Crippen LogP contribution >= 0.6 is 15.9 Å². The summed E-state index contributed by atoms with van der Waals surface area (Å²) in [6, 6.07) is 1.64. The van der Waals surface area contributed by atoms with Crippen LogP contribution in [0.25, 0.3) is 0 Å². The van der Waals surface area contributed by atoms with Gasteiger partial charge in [-0.05, 0) is 55.5 Å². The molecule has 0 amide bonds. The summed E-state index contributed by atoms with van der Waals surface area (Å²) >= 11 is 3.50. The van der Waals surface area contributed by atoms with E-state index in [2.05, 4.69) is 60.6 Å². The molecule has 2 fully saturated rings. The van der Waals surface area contributed by atoms with Crippen molar-refractivity contribution >= 4 is 21.7 Å². The van der Waals surface area contributed by atoms with Gasteiger partial charge in [0, 0.05) is 29.5 Å². The van der Waals surface area contributed by atoms with Crippen molar-refractivity contribution in [1.82, 2.24) is 19.7 Å². The van der Waals surface area contributed by atoms with E-state index in [1.807, 2.05) is 6.20 Å². The lowest BCUT2D eigenvalue weighted by Gasteiger charge is -2.40. The number of halogens is 1. The summed E-state index contributed by atoms with van der Waals surface area (Å²) in [5.74, 6) is 1.14. The fourth-order valence-corrected chi connectivity index (χ4v) is 4.31. The highest BCUT2D eigenvalue weighted by Crippen LogP contribution is 2.43. The molecule has 4 rings (SSSR count). The van der Waals surface area contributed by atoms with Crippen molar-refractivity contribution in [3.8, 4) is 0 Å². The summed E-state index contributed by atoms with van der Waals surface area (Å²) in [5, 5.41) is 4.49. The van der Waals surface area contributed by atoms with Crippen molar-refractivity contribution in [2.24, 2.45) is 0 Å². The maximum absolute atomic E-state index is 4.59. The molecule has 0 spiro atoms. The minimum Gasteiger partial charge on any atom is -0.350 e. The topological polar surface area (TPSA) is 46.8 Å². The standard InChI is InChI=1S/C16H20BrN5/c1-10-11(2)18-9-19-16(10)22-13-3-4-14(22)6-15(5-13)21-8-12(17)7-20-21/h7-9,13-15H,3-6H2,1-2H3. The molecule has 2 aromatic rings. The summed E-state index contributed by atoms with van der Waals surface area (Å²) in [6.07, 6.45) is 10.5. The molecule has 22 heavy (non-hydrogen) atoms. The first kappa shape index (κ1) is 14.2. The summed E-state index contributed by atoms with van der Waals surface area (Å²) in [4.78, 5) is 11.5. The molecule has 0 aromatic carbocycles. The van der Waals surface area contributed by atoms with Gasteiger partial charge >= 0.3 is 0 Å². The van der Waals surface area contributed by atoms with Crippen LogP contribution in [0.4, 0.5) is 5.82 Å². The van der Waals surface area contributed by atoms with Gasteiger partial charge in [-0.3, -0.25) is 4.68 Å². The molecular formula is C16H20BrN5. The third-order valence-electron chi connectivity index (χ3n) is 5.21. The zero-order chi connectivity index (χ0) is 15.3. The molecule has 2 atom stereocenters. The predicted molar refractivity (Wildman–Crippen MR) is 89.0 cm³/mol. The van der Waals surface area contributed by atoms with Crippen LogP contribution < -0.4 is 4.90 Å². The van der Waals surface area contributed by atoms with Crippen LogP contribution in [0, 0.1) is 13.8 Å². The molecule has 0 N–H and O–H groups in total. The number of aryl methyl sites for hydroxylation is 1. The van der Waals surface area contributed by atoms with E-state index >= 15 is 0 Å². The molecule has 0 aliphatic carbocycles. The Kier molecular flexibility index (Phi) is 3.44. The Morgan fingerprint density at radius 2 is 1.82 bits per heavy atom. The molecule has 2 unspecified atom stereocenters. The van der Waals surface area contributed by atoms with E-state index < -0.39 is 0 Å². The summed E-state index contributed by atoms with van der Waals surface area (Å²) in [5.41, 5.74) is 2.31. The van der Waals surface area contributed by atoms with Crippen molar-refractivity contribution in [2.45, 2.75) is 57.7 Å². The minimum absolute atomic E-state index is 0.503. The quantitative estimate of drug-likeness (QED) is 0.821. The second kappa shape index (κ2) is 5.33. The van der Waals surface area contributed by atoms with E-state index in [0.717, 1.165) is 28.8 Å². The number of anilines is 1. The van der Waals surface area contributed by atoms with Crippen LogP contribution in [0.2, 0.25) is 0 Å². The van der Waals surface area contributed by atoms with Crippen molar-refractivity contribution < 1.29 is 0 Å². The molecule has 5 nitrogen and oxygen atoms in total. The lowest BCUT2D eigenvalue weighted by atomic mass is 9.97. The Morgan fingerprint density at radius 1 is 1.09 bits per heavy atom. The highest BCUT2D eigenvalue weighted by Gasteiger charge is 2.42. The van der Waals surface area contributed by atoms with Gasteiger partial charge < -0.3 is 4.90 Å². The Hall–Kier alpha value is -1.43. The Morgan fingerprint density at radius 3 is 2.45 bits per heavy atom. The second-order valence-corrected chi connectivity index (χ2v) is 7.38. The van der Waals surface area contributed by atoms with Gasteiger partial charge in [0.2, 0.25) is 0 Å². The van der Waals surface area contributed by atoms with Crippen LogP contribution in [0.1, 0.15) is 43.0 Å². The number of fused-ring (bicyclic) bond motifs is 2. The SMILES string of the molecule is Cc1ncnc(N2C3CCC2CC(n2cc(Br)cn2)C3)c1C. The molecule has 116 valence electrons. The first-order valence-electron chi connectivity index (χ1n) is 7.89. The molecule has 2 saturated heterocycles. The molecule has 4 heterocycles. The van der Waals surface area contributed by atoms with Crippen LogP contribution in [-0.2, 0) is 0 Å². The molecule has 2 bridgehead atoms. The van der Waals surface area contributed by atoms with Crippen molar-refractivity contribution in [3.63, 3.8) is 0 Å². The number of rotatable bonds is 2. The Labute approximate surface area is 138 Å². The summed E-state index contributed by atoms with van der Waals surface area (Å²) in [6.45, 7) is 4.21. The van der Waals surface area contributed by atoms with Gasteiger partial charge in [-0.15, -0.1) is 0 Å². The van der Waals surface area contributed by atoms with Gasteiger partial charge in [0.05, 0.1) is 16.7 Å². The summed E-state index contributed by atoms with van der Waals surface area (Å²) < 4.78 is 3.19. The first-order valence-corrected chi connectivity index (χ1v) is 8.69. The number of aromatic nitrogens is 4. The van der Waals surface area contributed by atoms with Crippen molar-refractivity contribution in [2.75, 3.05) is 4.90 Å². The van der Waals surface area contributed by atoms with Gasteiger partial charge in [-0.1, -0.05) is 0 Å². The first-order chi connectivity index (χ1) is 10.6. The molecule has 6 heteroatoms. The van der Waals surface area contributed by atoms with E-state index in [9.17, 15) is 0 Å². The average Bonchev–Trinajstić information content (AvgIpc) is 3.03. The van der Waals surface area contributed by atoms with E-state index in [-0.39, 0.29) is 0 Å². The van der Waals surface area contributed by atoms with Gasteiger partial charge in [0.25, 0.3) is 0 Å². The monoisotopic (exact) mass is 361 g/mol. The van der Waals surface area contributed by atoms with Crippen molar-refractivity contribution in [3.05, 3.63) is 34.5 Å². The molecular weight excluding hydrogens is 342 g/mol. The van der Waals surface area contributed by atoms with Gasteiger partial charge in [0.15, 0.2) is 0 Å².